The molecule has 4 nitrogen and oxygen atoms in total. The van der Waals surface area contributed by atoms with Crippen LogP contribution in [0.1, 0.15) is 64.7 Å². The number of rotatable bonds is 13. The molecule has 1 aliphatic carbocycles. The minimum absolute atomic E-state index is 0.00477. The van der Waals surface area contributed by atoms with E-state index in [1.165, 1.54) is 4.91 Å². The van der Waals surface area contributed by atoms with Gasteiger partial charge in [-0.3, -0.25) is 4.79 Å². The smallest absolute Gasteiger partial charge is 0.303 e. The van der Waals surface area contributed by atoms with E-state index in [-0.39, 0.29) is 12.3 Å². The minimum Gasteiger partial charge on any atom is -0.481 e. The van der Waals surface area contributed by atoms with E-state index in [1.54, 1.807) is 11.8 Å². The Hall–Kier alpha value is -0.780. The van der Waals surface area contributed by atoms with Gasteiger partial charge in [-0.15, -0.1) is 11.8 Å². The minimum atomic E-state index is -0.730. The molecular formula is C19H32O4S. The van der Waals surface area contributed by atoms with Crippen LogP contribution >= 0.6 is 11.8 Å². The summed E-state index contributed by atoms with van der Waals surface area (Å²) < 4.78 is 0. The Kier molecular flexibility index (Phi) is 11.1. The molecule has 0 saturated carbocycles. The molecule has 0 aromatic heterocycles. The van der Waals surface area contributed by atoms with Crippen molar-refractivity contribution >= 4 is 17.7 Å². The van der Waals surface area contributed by atoms with E-state index in [1.807, 2.05) is 12.2 Å². The summed E-state index contributed by atoms with van der Waals surface area (Å²) >= 11 is 1.75. The van der Waals surface area contributed by atoms with Crippen molar-refractivity contribution in [1.29, 1.82) is 0 Å². The van der Waals surface area contributed by atoms with Crippen LogP contribution in [0, 0.1) is 5.92 Å². The number of aliphatic hydroxyl groups excluding tert-OH is 2. The number of hydrogen-bond acceptors (Lipinski definition) is 4. The first-order valence-electron chi connectivity index (χ1n) is 9.13. The number of carboxylic acid groups (broad SMARTS) is 1. The highest BCUT2D eigenvalue weighted by atomic mass is 32.2. The summed E-state index contributed by atoms with van der Waals surface area (Å²) in [5, 5.41) is 28.7. The number of unbranched alkanes of at least 4 members (excludes halogenated alkanes) is 4. The molecule has 1 aliphatic rings. The first kappa shape index (κ1) is 21.3. The maximum atomic E-state index is 10.5. The molecule has 24 heavy (non-hydrogen) atoms. The largest absolute Gasteiger partial charge is 0.481 e. The van der Waals surface area contributed by atoms with Gasteiger partial charge in [0, 0.05) is 12.3 Å². The second-order valence-electron chi connectivity index (χ2n) is 6.44. The van der Waals surface area contributed by atoms with Crippen molar-refractivity contribution in [2.45, 2.75) is 76.9 Å². The number of aliphatic hydroxyl groups is 2. The topological polar surface area (TPSA) is 77.8 Å². The van der Waals surface area contributed by atoms with Gasteiger partial charge in [0.15, 0.2) is 0 Å². The third kappa shape index (κ3) is 8.90. The molecule has 0 fully saturated rings. The lowest BCUT2D eigenvalue weighted by Crippen LogP contribution is -2.14. The Labute approximate surface area is 150 Å². The summed E-state index contributed by atoms with van der Waals surface area (Å²) in [4.78, 5) is 11.6. The Morgan fingerprint density at radius 3 is 2.83 bits per heavy atom. The second kappa shape index (κ2) is 12.6. The Morgan fingerprint density at radius 2 is 2.12 bits per heavy atom. The molecule has 0 bridgehead atoms. The SMILES string of the molecule is CCCCC[C@H](O)/C=C/[C@@H]1C(SCCCCCC(=O)O)=CC[C@H]1O. The Balaban J connectivity index is 2.29. The molecule has 0 aromatic rings. The lowest BCUT2D eigenvalue weighted by atomic mass is 10.0. The van der Waals surface area contributed by atoms with Crippen LogP contribution in [0.5, 0.6) is 0 Å². The van der Waals surface area contributed by atoms with Gasteiger partial charge in [-0.25, -0.2) is 0 Å². The highest BCUT2D eigenvalue weighted by Crippen LogP contribution is 2.36. The van der Waals surface area contributed by atoms with Gasteiger partial charge in [0.2, 0.25) is 0 Å². The molecule has 3 atom stereocenters. The average Bonchev–Trinajstić information content (AvgIpc) is 2.89. The predicted octanol–water partition coefficient (Wildman–Crippen LogP) is 4.13. The van der Waals surface area contributed by atoms with Crippen molar-refractivity contribution in [2.75, 3.05) is 5.75 Å². The lowest BCUT2D eigenvalue weighted by Gasteiger charge is -2.15. The van der Waals surface area contributed by atoms with Crippen LogP contribution in [0.4, 0.5) is 0 Å². The summed E-state index contributed by atoms with van der Waals surface area (Å²) in [5.74, 6) is 0.212. The van der Waals surface area contributed by atoms with E-state index in [4.69, 9.17) is 5.11 Å². The van der Waals surface area contributed by atoms with Gasteiger partial charge >= 0.3 is 5.97 Å². The molecule has 138 valence electrons. The summed E-state index contributed by atoms with van der Waals surface area (Å²) in [6, 6.07) is 0. The molecule has 0 spiro atoms. The summed E-state index contributed by atoms with van der Waals surface area (Å²) in [6.07, 6.45) is 12.7. The van der Waals surface area contributed by atoms with Crippen LogP contribution in [0.2, 0.25) is 0 Å². The first-order chi connectivity index (χ1) is 11.5. The van der Waals surface area contributed by atoms with Gasteiger partial charge in [-0.2, -0.15) is 0 Å². The molecule has 3 N–H and O–H groups in total. The molecule has 0 unspecified atom stereocenters. The van der Waals surface area contributed by atoms with Gasteiger partial charge in [0.05, 0.1) is 12.2 Å². The van der Waals surface area contributed by atoms with Crippen LogP contribution in [-0.4, -0.2) is 39.2 Å². The van der Waals surface area contributed by atoms with Gasteiger partial charge < -0.3 is 15.3 Å². The van der Waals surface area contributed by atoms with Gasteiger partial charge in [0.25, 0.3) is 0 Å². The van der Waals surface area contributed by atoms with Gasteiger partial charge in [-0.05, 0) is 36.3 Å². The molecule has 0 radical (unpaired) electrons. The van der Waals surface area contributed by atoms with E-state index < -0.39 is 18.2 Å². The zero-order valence-corrected chi connectivity index (χ0v) is 15.5. The van der Waals surface area contributed by atoms with E-state index >= 15 is 0 Å². The van der Waals surface area contributed by atoms with Crippen molar-refractivity contribution < 1.29 is 20.1 Å². The third-order valence-corrected chi connectivity index (χ3v) is 5.52. The van der Waals surface area contributed by atoms with E-state index in [2.05, 4.69) is 13.0 Å². The second-order valence-corrected chi connectivity index (χ2v) is 7.60. The third-order valence-electron chi connectivity index (χ3n) is 4.25. The first-order valence-corrected chi connectivity index (χ1v) is 10.1. The van der Waals surface area contributed by atoms with Gasteiger partial charge in [0.1, 0.15) is 0 Å². The standard InChI is InChI=1S/C19H32O4S/c1-2-3-5-8-15(20)10-11-16-17(21)12-13-18(16)24-14-7-4-6-9-19(22)23/h10-11,13,15-17,20-21H,2-9,12,14H2,1H3,(H,22,23)/b11-10+/t15-,16-,17+/m0/s1. The fourth-order valence-electron chi connectivity index (χ4n) is 2.78. The lowest BCUT2D eigenvalue weighted by molar-refractivity contribution is -0.137. The number of thioether (sulfide) groups is 1. The predicted molar refractivity (Wildman–Crippen MR) is 100 cm³/mol. The molecule has 0 heterocycles. The normalized spacial score (nSPS) is 22.0. The number of hydrogen-bond donors (Lipinski definition) is 3. The summed E-state index contributed by atoms with van der Waals surface area (Å²) in [5.41, 5.74) is 0. The van der Waals surface area contributed by atoms with Crippen LogP contribution in [0.25, 0.3) is 0 Å². The zero-order chi connectivity index (χ0) is 17.8. The van der Waals surface area contributed by atoms with Gasteiger partial charge in [-0.1, -0.05) is 50.8 Å². The van der Waals surface area contributed by atoms with E-state index in [0.717, 1.165) is 50.7 Å². The van der Waals surface area contributed by atoms with Crippen molar-refractivity contribution in [3.8, 4) is 0 Å². The highest BCUT2D eigenvalue weighted by molar-refractivity contribution is 8.03. The summed E-state index contributed by atoms with van der Waals surface area (Å²) in [6.45, 7) is 2.15. The molecule has 5 heteroatoms. The van der Waals surface area contributed by atoms with Crippen molar-refractivity contribution in [3.05, 3.63) is 23.1 Å². The molecule has 0 saturated heterocycles. The van der Waals surface area contributed by atoms with E-state index in [9.17, 15) is 15.0 Å². The number of aliphatic carboxylic acids is 1. The van der Waals surface area contributed by atoms with E-state index in [0.29, 0.717) is 6.42 Å². The Morgan fingerprint density at radius 1 is 1.33 bits per heavy atom. The fraction of sp³-hybridized carbons (Fsp3) is 0.737. The molecule has 0 aromatic carbocycles. The number of carboxylic acids is 1. The zero-order valence-electron chi connectivity index (χ0n) is 14.7. The summed E-state index contributed by atoms with van der Waals surface area (Å²) in [7, 11) is 0. The quantitative estimate of drug-likeness (QED) is 0.342. The Bertz CT molecular complexity index is 420. The number of carbonyl (C=O) groups is 1. The van der Waals surface area contributed by atoms with Crippen LogP contribution < -0.4 is 0 Å². The van der Waals surface area contributed by atoms with Crippen LogP contribution in [-0.2, 0) is 4.79 Å². The van der Waals surface area contributed by atoms with Crippen LogP contribution in [0.15, 0.2) is 23.1 Å². The molecular weight excluding hydrogens is 324 g/mol. The average molecular weight is 357 g/mol. The maximum Gasteiger partial charge on any atom is 0.303 e. The molecule has 0 aliphatic heterocycles. The van der Waals surface area contributed by atoms with Crippen molar-refractivity contribution in [3.63, 3.8) is 0 Å². The highest BCUT2D eigenvalue weighted by Gasteiger charge is 2.26. The monoisotopic (exact) mass is 356 g/mol. The van der Waals surface area contributed by atoms with Crippen molar-refractivity contribution in [1.82, 2.24) is 0 Å². The fourth-order valence-corrected chi connectivity index (χ4v) is 4.01. The van der Waals surface area contributed by atoms with Crippen molar-refractivity contribution in [2.24, 2.45) is 5.92 Å². The molecule has 0 amide bonds. The van der Waals surface area contributed by atoms with Crippen LogP contribution in [0.3, 0.4) is 0 Å². The maximum absolute atomic E-state index is 10.5. The molecule has 1 rings (SSSR count).